The minimum absolute atomic E-state index is 0.149. The average Bonchev–Trinajstić information content (AvgIpc) is 3.33. The number of carbonyl (C=O) groups excluding carboxylic acids is 1. The first-order chi connectivity index (χ1) is 16.1. The Labute approximate surface area is 197 Å². The number of hydrogen-bond donors (Lipinski definition) is 2. The lowest BCUT2D eigenvalue weighted by atomic mass is 9.96. The predicted molar refractivity (Wildman–Crippen MR) is 133 cm³/mol. The largest absolute Gasteiger partial charge is 0.352 e. The molecule has 2 aromatic heterocycles. The molecule has 1 aliphatic heterocycles. The molecule has 3 heterocycles. The van der Waals surface area contributed by atoms with Gasteiger partial charge in [0.25, 0.3) is 0 Å². The van der Waals surface area contributed by atoms with E-state index in [-0.39, 0.29) is 5.91 Å². The number of halogens is 1. The molecule has 0 radical (unpaired) electrons. The SMILES string of the molecule is CC.Cc1ccc2[nH]ncc2c1-c1cc2ncnc(N3CCN(C(=O)C=[NH2+])CC3)c2cc1Cl. The summed E-state index contributed by atoms with van der Waals surface area (Å²) in [5.41, 5.74) is 4.85. The minimum Gasteiger partial charge on any atom is -0.352 e. The van der Waals surface area contributed by atoms with E-state index in [1.807, 2.05) is 38.2 Å². The second-order valence-corrected chi connectivity index (χ2v) is 8.02. The topological polar surface area (TPSA) is 104 Å². The maximum Gasteiger partial charge on any atom is 0.310 e. The molecule has 9 heteroatoms. The number of piperazine rings is 1. The van der Waals surface area contributed by atoms with E-state index >= 15 is 0 Å². The predicted octanol–water partition coefficient (Wildman–Crippen LogP) is 2.64. The second-order valence-electron chi connectivity index (χ2n) is 7.61. The van der Waals surface area contributed by atoms with Gasteiger partial charge >= 0.3 is 5.91 Å². The molecular formula is C24H27ClN7O+. The Balaban J connectivity index is 0.00000126. The van der Waals surface area contributed by atoms with E-state index in [2.05, 4.69) is 38.1 Å². The van der Waals surface area contributed by atoms with E-state index in [4.69, 9.17) is 17.0 Å². The van der Waals surface area contributed by atoms with Crippen LogP contribution in [0.5, 0.6) is 0 Å². The van der Waals surface area contributed by atoms with Crippen molar-refractivity contribution in [3.63, 3.8) is 0 Å². The lowest BCUT2D eigenvalue weighted by Crippen LogP contribution is -2.52. The molecular weight excluding hydrogens is 438 g/mol. The van der Waals surface area contributed by atoms with Crippen molar-refractivity contribution in [2.45, 2.75) is 20.8 Å². The molecule has 1 fully saturated rings. The van der Waals surface area contributed by atoms with Crippen LogP contribution in [0.1, 0.15) is 19.4 Å². The molecule has 2 aromatic carbocycles. The molecule has 8 nitrogen and oxygen atoms in total. The number of aryl methyl sites for hydroxylation is 1. The van der Waals surface area contributed by atoms with Gasteiger partial charge in [-0.2, -0.15) is 5.10 Å². The Morgan fingerprint density at radius 3 is 2.61 bits per heavy atom. The molecule has 0 bridgehead atoms. The molecule has 0 saturated carbocycles. The molecule has 0 spiro atoms. The van der Waals surface area contributed by atoms with E-state index in [0.717, 1.165) is 50.5 Å². The van der Waals surface area contributed by atoms with Crippen LogP contribution in [-0.4, -0.2) is 63.4 Å². The molecule has 33 heavy (non-hydrogen) atoms. The third-order valence-corrected chi connectivity index (χ3v) is 6.15. The highest BCUT2D eigenvalue weighted by molar-refractivity contribution is 6.35. The summed E-state index contributed by atoms with van der Waals surface area (Å²) >= 11 is 6.80. The van der Waals surface area contributed by atoms with Gasteiger partial charge in [0.2, 0.25) is 6.21 Å². The lowest BCUT2D eigenvalue weighted by molar-refractivity contribution is -0.139. The van der Waals surface area contributed by atoms with Crippen LogP contribution < -0.4 is 10.3 Å². The van der Waals surface area contributed by atoms with Crippen LogP contribution >= 0.6 is 11.6 Å². The number of hydrogen-bond acceptors (Lipinski definition) is 5. The number of nitrogens with zero attached hydrogens (tertiary/aromatic N) is 5. The van der Waals surface area contributed by atoms with E-state index < -0.39 is 0 Å². The standard InChI is InChI=1S/C22H20ClN7O.C2H6/c1-13-2-3-18-16(11-27-28-18)21(13)14-9-19-15(8-17(14)23)22(26-12-25-19)30-6-4-29(5-7-30)20(31)10-24;1-2/h2-3,8-12,24H,4-7H2,1H3,(H,27,28);1-2H3/p+1. The molecule has 0 unspecified atom stereocenters. The van der Waals surface area contributed by atoms with Crippen LogP contribution in [0.3, 0.4) is 0 Å². The summed E-state index contributed by atoms with van der Waals surface area (Å²) in [5, 5.41) is 15.1. The monoisotopic (exact) mass is 464 g/mol. The number of amides is 1. The molecule has 5 rings (SSSR count). The van der Waals surface area contributed by atoms with Gasteiger partial charge in [0.1, 0.15) is 12.1 Å². The highest BCUT2D eigenvalue weighted by Crippen LogP contribution is 2.39. The van der Waals surface area contributed by atoms with E-state index in [9.17, 15) is 4.79 Å². The van der Waals surface area contributed by atoms with E-state index in [1.54, 1.807) is 11.2 Å². The summed E-state index contributed by atoms with van der Waals surface area (Å²) in [7, 11) is 0. The average molecular weight is 465 g/mol. The van der Waals surface area contributed by atoms with Crippen molar-refractivity contribution in [2.75, 3.05) is 31.1 Å². The quantitative estimate of drug-likeness (QED) is 0.453. The Kier molecular flexibility index (Phi) is 6.55. The molecule has 3 N–H and O–H groups in total. The number of carbonyl (C=O) groups is 1. The summed E-state index contributed by atoms with van der Waals surface area (Å²) in [6.07, 6.45) is 4.51. The number of aromatic amines is 1. The Bertz CT molecular complexity index is 1330. The summed E-state index contributed by atoms with van der Waals surface area (Å²) in [6, 6.07) is 8.02. The smallest absolute Gasteiger partial charge is 0.310 e. The van der Waals surface area contributed by atoms with Gasteiger partial charge in [-0.3, -0.25) is 15.3 Å². The lowest BCUT2D eigenvalue weighted by Gasteiger charge is -2.34. The number of nitrogens with two attached hydrogens (primary N) is 1. The fraction of sp³-hybridized carbons (Fsp3) is 0.292. The van der Waals surface area contributed by atoms with Gasteiger partial charge in [0, 0.05) is 47.5 Å². The minimum atomic E-state index is -0.149. The third kappa shape index (κ3) is 4.14. The van der Waals surface area contributed by atoms with Crippen molar-refractivity contribution in [1.29, 1.82) is 0 Å². The molecule has 1 saturated heterocycles. The van der Waals surface area contributed by atoms with Crippen molar-refractivity contribution in [2.24, 2.45) is 0 Å². The Morgan fingerprint density at radius 1 is 1.12 bits per heavy atom. The van der Waals surface area contributed by atoms with Gasteiger partial charge in [-0.15, -0.1) is 0 Å². The van der Waals surface area contributed by atoms with Crippen molar-refractivity contribution < 1.29 is 10.2 Å². The first kappa shape index (κ1) is 22.7. The third-order valence-electron chi connectivity index (χ3n) is 5.84. The van der Waals surface area contributed by atoms with Crippen LogP contribution in [0.25, 0.3) is 32.9 Å². The van der Waals surface area contributed by atoms with Crippen LogP contribution in [0.2, 0.25) is 5.02 Å². The van der Waals surface area contributed by atoms with Gasteiger partial charge in [-0.05, 0) is 36.2 Å². The van der Waals surface area contributed by atoms with Gasteiger partial charge < -0.3 is 9.80 Å². The number of anilines is 1. The summed E-state index contributed by atoms with van der Waals surface area (Å²) in [6.45, 7) is 8.57. The number of H-pyrrole nitrogens is 1. The van der Waals surface area contributed by atoms with Crippen molar-refractivity contribution >= 4 is 51.3 Å². The van der Waals surface area contributed by atoms with Crippen LogP contribution in [0, 0.1) is 6.92 Å². The molecule has 0 atom stereocenters. The normalized spacial score (nSPS) is 13.7. The van der Waals surface area contributed by atoms with Crippen molar-refractivity contribution in [3.8, 4) is 11.1 Å². The zero-order valence-corrected chi connectivity index (χ0v) is 19.7. The van der Waals surface area contributed by atoms with Crippen LogP contribution in [0.15, 0.2) is 36.8 Å². The summed E-state index contributed by atoms with van der Waals surface area (Å²) in [5.74, 6) is 0.671. The Hall–Kier alpha value is -3.52. The maximum absolute atomic E-state index is 11.8. The zero-order chi connectivity index (χ0) is 23.5. The van der Waals surface area contributed by atoms with Crippen molar-refractivity contribution in [1.82, 2.24) is 25.1 Å². The van der Waals surface area contributed by atoms with Gasteiger partial charge in [0.15, 0.2) is 0 Å². The maximum atomic E-state index is 11.8. The first-order valence-corrected chi connectivity index (χ1v) is 11.4. The van der Waals surface area contributed by atoms with Crippen molar-refractivity contribution in [3.05, 3.63) is 47.4 Å². The van der Waals surface area contributed by atoms with E-state index in [0.29, 0.717) is 31.2 Å². The fourth-order valence-corrected chi connectivity index (χ4v) is 4.49. The summed E-state index contributed by atoms with van der Waals surface area (Å²) in [4.78, 5) is 24.7. The van der Waals surface area contributed by atoms with Crippen LogP contribution in [0.4, 0.5) is 5.82 Å². The zero-order valence-electron chi connectivity index (χ0n) is 19.0. The van der Waals surface area contributed by atoms with Crippen LogP contribution in [-0.2, 0) is 4.79 Å². The molecule has 0 aliphatic carbocycles. The molecule has 1 amide bonds. The van der Waals surface area contributed by atoms with Gasteiger partial charge in [0.05, 0.1) is 17.2 Å². The number of nitrogens with one attached hydrogen (secondary N) is 1. The highest BCUT2D eigenvalue weighted by Gasteiger charge is 2.24. The molecule has 170 valence electrons. The van der Waals surface area contributed by atoms with Gasteiger partial charge in [-0.25, -0.2) is 9.97 Å². The van der Waals surface area contributed by atoms with E-state index in [1.165, 1.54) is 0 Å². The molecule has 4 aromatic rings. The number of rotatable bonds is 3. The number of benzene rings is 2. The number of fused-ring (bicyclic) bond motifs is 2. The van der Waals surface area contributed by atoms with Gasteiger partial charge in [-0.1, -0.05) is 31.5 Å². The molecule has 1 aliphatic rings. The first-order valence-electron chi connectivity index (χ1n) is 11.0. The fourth-order valence-electron chi connectivity index (χ4n) is 4.23. The summed E-state index contributed by atoms with van der Waals surface area (Å²) < 4.78 is 0. The number of aromatic nitrogens is 4. The highest BCUT2D eigenvalue weighted by atomic mass is 35.5. The second kappa shape index (κ2) is 9.54. The Morgan fingerprint density at radius 2 is 1.88 bits per heavy atom.